The van der Waals surface area contributed by atoms with Gasteiger partial charge in [-0.2, -0.15) is 0 Å². The molecule has 0 bridgehead atoms. The standard InChI is InChI=1S/C18H31N3/c1-14-8-9-16(11-15(14)2)18(19-3)13-20(4)12-17-7-6-10-21(17)5/h8-9,11,17-19H,6-7,10,12-13H2,1-5H3. The first-order chi connectivity index (χ1) is 10.0. The molecule has 1 aromatic carbocycles. The van der Waals surface area contributed by atoms with Gasteiger partial charge in [-0.15, -0.1) is 0 Å². The molecule has 1 N–H and O–H groups in total. The molecule has 21 heavy (non-hydrogen) atoms. The zero-order chi connectivity index (χ0) is 15.4. The van der Waals surface area contributed by atoms with Crippen LogP contribution in [0.5, 0.6) is 0 Å². The molecule has 1 aliphatic rings. The first-order valence-corrected chi connectivity index (χ1v) is 8.14. The highest BCUT2D eigenvalue weighted by molar-refractivity contribution is 5.31. The molecule has 0 radical (unpaired) electrons. The van der Waals surface area contributed by atoms with Gasteiger partial charge in [0.05, 0.1) is 0 Å². The van der Waals surface area contributed by atoms with Crippen LogP contribution in [0.3, 0.4) is 0 Å². The average Bonchev–Trinajstić information content (AvgIpc) is 2.85. The summed E-state index contributed by atoms with van der Waals surface area (Å²) in [5.41, 5.74) is 4.15. The molecule has 2 unspecified atom stereocenters. The number of aryl methyl sites for hydroxylation is 2. The summed E-state index contributed by atoms with van der Waals surface area (Å²) in [7, 11) is 6.57. The van der Waals surface area contributed by atoms with Crippen LogP contribution in [0.15, 0.2) is 18.2 Å². The van der Waals surface area contributed by atoms with Crippen LogP contribution in [0.1, 0.15) is 35.6 Å². The van der Waals surface area contributed by atoms with Gasteiger partial charge in [-0.3, -0.25) is 0 Å². The first kappa shape index (κ1) is 16.5. The molecule has 1 fully saturated rings. The van der Waals surface area contributed by atoms with Crippen molar-refractivity contribution in [3.63, 3.8) is 0 Å². The topological polar surface area (TPSA) is 18.5 Å². The van der Waals surface area contributed by atoms with Crippen molar-refractivity contribution in [2.75, 3.05) is 40.8 Å². The van der Waals surface area contributed by atoms with E-state index in [2.05, 4.69) is 68.3 Å². The molecule has 118 valence electrons. The lowest BCUT2D eigenvalue weighted by Crippen LogP contribution is -2.40. The lowest BCUT2D eigenvalue weighted by Gasteiger charge is -2.29. The summed E-state index contributed by atoms with van der Waals surface area (Å²) in [6.07, 6.45) is 2.69. The summed E-state index contributed by atoms with van der Waals surface area (Å²) in [6, 6.07) is 7.96. The highest BCUT2D eigenvalue weighted by Gasteiger charge is 2.23. The molecule has 3 nitrogen and oxygen atoms in total. The zero-order valence-electron chi connectivity index (χ0n) is 14.3. The predicted molar refractivity (Wildman–Crippen MR) is 90.9 cm³/mol. The van der Waals surface area contributed by atoms with E-state index in [9.17, 15) is 0 Å². The second kappa shape index (κ2) is 7.39. The molecule has 0 amide bonds. The number of nitrogens with zero attached hydrogens (tertiary/aromatic N) is 2. The van der Waals surface area contributed by atoms with Crippen molar-refractivity contribution in [2.24, 2.45) is 0 Å². The number of nitrogens with one attached hydrogen (secondary N) is 1. The molecule has 2 atom stereocenters. The third-order valence-electron chi connectivity index (χ3n) is 4.97. The molecule has 1 aromatic rings. The lowest BCUT2D eigenvalue weighted by molar-refractivity contribution is 0.208. The van der Waals surface area contributed by atoms with E-state index in [1.807, 2.05) is 0 Å². The van der Waals surface area contributed by atoms with Crippen molar-refractivity contribution in [3.8, 4) is 0 Å². The Morgan fingerprint density at radius 1 is 1.33 bits per heavy atom. The fourth-order valence-electron chi connectivity index (χ4n) is 3.30. The largest absolute Gasteiger partial charge is 0.312 e. The Morgan fingerprint density at radius 3 is 2.67 bits per heavy atom. The van der Waals surface area contributed by atoms with Crippen LogP contribution in [0.25, 0.3) is 0 Å². The minimum absolute atomic E-state index is 0.404. The van der Waals surface area contributed by atoms with E-state index in [-0.39, 0.29) is 0 Å². The third-order valence-corrected chi connectivity index (χ3v) is 4.97. The summed E-state index contributed by atoms with van der Waals surface area (Å²) >= 11 is 0. The molecular weight excluding hydrogens is 258 g/mol. The van der Waals surface area contributed by atoms with E-state index >= 15 is 0 Å². The van der Waals surface area contributed by atoms with Crippen LogP contribution in [0, 0.1) is 13.8 Å². The Kier molecular flexibility index (Phi) is 5.80. The average molecular weight is 289 g/mol. The monoisotopic (exact) mass is 289 g/mol. The van der Waals surface area contributed by atoms with Gasteiger partial charge in [0.15, 0.2) is 0 Å². The first-order valence-electron chi connectivity index (χ1n) is 8.14. The number of hydrogen-bond donors (Lipinski definition) is 1. The van der Waals surface area contributed by atoms with E-state index in [1.54, 1.807) is 0 Å². The normalized spacial score (nSPS) is 21.1. The maximum absolute atomic E-state index is 3.48. The van der Waals surface area contributed by atoms with Crippen molar-refractivity contribution in [2.45, 2.75) is 38.8 Å². The van der Waals surface area contributed by atoms with Gasteiger partial charge < -0.3 is 15.1 Å². The molecule has 0 aromatic heterocycles. The number of likely N-dealkylation sites (tertiary alicyclic amines) is 1. The Hall–Kier alpha value is -0.900. The summed E-state index contributed by atoms with van der Waals surface area (Å²) in [5, 5.41) is 3.48. The fraction of sp³-hybridized carbons (Fsp3) is 0.667. The predicted octanol–water partition coefficient (Wildman–Crippen LogP) is 2.59. The molecule has 0 saturated carbocycles. The van der Waals surface area contributed by atoms with Gasteiger partial charge in [-0.1, -0.05) is 18.2 Å². The van der Waals surface area contributed by atoms with Crippen molar-refractivity contribution < 1.29 is 0 Å². The van der Waals surface area contributed by atoms with Gasteiger partial charge in [-0.05, 0) is 71.1 Å². The van der Waals surface area contributed by atoms with Gasteiger partial charge in [-0.25, -0.2) is 0 Å². The summed E-state index contributed by atoms with van der Waals surface area (Å²) in [4.78, 5) is 4.98. The smallest absolute Gasteiger partial charge is 0.0446 e. The molecule has 0 aliphatic carbocycles. The van der Waals surface area contributed by atoms with Crippen LogP contribution in [-0.4, -0.2) is 56.6 Å². The Bertz CT molecular complexity index is 458. The van der Waals surface area contributed by atoms with Gasteiger partial charge >= 0.3 is 0 Å². The van der Waals surface area contributed by atoms with Crippen molar-refractivity contribution in [3.05, 3.63) is 34.9 Å². The lowest BCUT2D eigenvalue weighted by atomic mass is 10.0. The van der Waals surface area contributed by atoms with Crippen LogP contribution >= 0.6 is 0 Å². The fourth-order valence-corrected chi connectivity index (χ4v) is 3.30. The number of rotatable bonds is 6. The Morgan fingerprint density at radius 2 is 2.10 bits per heavy atom. The van der Waals surface area contributed by atoms with E-state index < -0.39 is 0 Å². The Balaban J connectivity index is 1.96. The maximum atomic E-state index is 3.48. The van der Waals surface area contributed by atoms with E-state index in [0.717, 1.165) is 12.6 Å². The van der Waals surface area contributed by atoms with Crippen LogP contribution in [0.2, 0.25) is 0 Å². The van der Waals surface area contributed by atoms with Gasteiger partial charge in [0.25, 0.3) is 0 Å². The van der Waals surface area contributed by atoms with Crippen LogP contribution in [0.4, 0.5) is 0 Å². The molecule has 3 heteroatoms. The zero-order valence-corrected chi connectivity index (χ0v) is 14.3. The highest BCUT2D eigenvalue weighted by atomic mass is 15.2. The second-order valence-electron chi connectivity index (χ2n) is 6.68. The van der Waals surface area contributed by atoms with Crippen LogP contribution < -0.4 is 5.32 Å². The number of benzene rings is 1. The number of hydrogen-bond acceptors (Lipinski definition) is 3. The summed E-state index contributed by atoms with van der Waals surface area (Å²) < 4.78 is 0. The molecule has 1 heterocycles. The molecule has 1 saturated heterocycles. The number of likely N-dealkylation sites (N-methyl/N-ethyl adjacent to an activating group) is 3. The highest BCUT2D eigenvalue weighted by Crippen LogP contribution is 2.20. The van der Waals surface area contributed by atoms with Crippen molar-refractivity contribution >= 4 is 0 Å². The quantitative estimate of drug-likeness (QED) is 0.868. The van der Waals surface area contributed by atoms with Gasteiger partial charge in [0.2, 0.25) is 0 Å². The molecule has 0 spiro atoms. The molecule has 2 rings (SSSR count). The molecule has 1 aliphatic heterocycles. The van der Waals surface area contributed by atoms with Crippen molar-refractivity contribution in [1.82, 2.24) is 15.1 Å². The maximum Gasteiger partial charge on any atom is 0.0446 e. The minimum atomic E-state index is 0.404. The van der Waals surface area contributed by atoms with E-state index in [1.165, 1.54) is 42.6 Å². The summed E-state index contributed by atoms with van der Waals surface area (Å²) in [6.45, 7) is 7.85. The van der Waals surface area contributed by atoms with Gasteiger partial charge in [0.1, 0.15) is 0 Å². The van der Waals surface area contributed by atoms with Crippen molar-refractivity contribution in [1.29, 1.82) is 0 Å². The molecular formula is C18H31N3. The van der Waals surface area contributed by atoms with E-state index in [4.69, 9.17) is 0 Å². The summed E-state index contributed by atoms with van der Waals surface area (Å²) in [5.74, 6) is 0. The third kappa shape index (κ3) is 4.29. The second-order valence-corrected chi connectivity index (χ2v) is 6.68. The Labute approximate surface area is 130 Å². The SMILES string of the molecule is CNC(CN(C)CC1CCCN1C)c1ccc(C)c(C)c1. The minimum Gasteiger partial charge on any atom is -0.312 e. The van der Waals surface area contributed by atoms with E-state index in [0.29, 0.717) is 6.04 Å². The van der Waals surface area contributed by atoms with Crippen LogP contribution in [-0.2, 0) is 0 Å². The van der Waals surface area contributed by atoms with Gasteiger partial charge in [0, 0.05) is 25.2 Å².